The smallest absolute Gasteiger partial charge is 0.341 e. The van der Waals surface area contributed by atoms with Crippen LogP contribution in [0.1, 0.15) is 17.3 Å². The van der Waals surface area contributed by atoms with Crippen molar-refractivity contribution in [3.05, 3.63) is 35.0 Å². The lowest BCUT2D eigenvalue weighted by atomic mass is 10.1. The Morgan fingerprint density at radius 1 is 1.47 bits per heavy atom. The number of nitrogens with one attached hydrogen (secondary N) is 1. The molecule has 0 saturated carbocycles. The first-order chi connectivity index (χ1) is 9.17. The first-order valence-corrected chi connectivity index (χ1v) is 6.09. The van der Waals surface area contributed by atoms with E-state index in [1.807, 2.05) is 0 Å². The molecule has 0 unspecified atom stereocenters. The van der Waals surface area contributed by atoms with Crippen molar-refractivity contribution in [3.63, 3.8) is 0 Å². The van der Waals surface area contributed by atoms with Crippen molar-refractivity contribution in [2.45, 2.75) is 6.92 Å². The molecule has 1 N–H and O–H groups in total. The summed E-state index contributed by atoms with van der Waals surface area (Å²) in [6.07, 6.45) is 1.42. The van der Waals surface area contributed by atoms with E-state index in [0.29, 0.717) is 34.2 Å². The van der Waals surface area contributed by atoms with Crippen molar-refractivity contribution >= 4 is 17.6 Å². The van der Waals surface area contributed by atoms with Gasteiger partial charge in [0, 0.05) is 10.6 Å². The maximum absolute atomic E-state index is 11.8. The molecule has 0 aliphatic heterocycles. The first-order valence-electron chi connectivity index (χ1n) is 5.71. The van der Waals surface area contributed by atoms with Crippen molar-refractivity contribution in [1.29, 1.82) is 0 Å². The van der Waals surface area contributed by atoms with E-state index < -0.39 is 5.97 Å². The molecule has 0 amide bonds. The summed E-state index contributed by atoms with van der Waals surface area (Å²) in [5.41, 5.74) is 1.54. The zero-order valence-corrected chi connectivity index (χ0v) is 11.3. The number of rotatable bonds is 4. The van der Waals surface area contributed by atoms with Gasteiger partial charge in [0.2, 0.25) is 0 Å². The van der Waals surface area contributed by atoms with Gasteiger partial charge in [0.05, 0.1) is 25.6 Å². The SMILES string of the molecule is CCOC(=O)c1cn[nH]c1-c1cc(Cl)ccc1OC. The fourth-order valence-electron chi connectivity index (χ4n) is 1.73. The minimum atomic E-state index is -0.437. The molecule has 1 aromatic heterocycles. The Kier molecular flexibility index (Phi) is 4.06. The third-order valence-corrected chi connectivity index (χ3v) is 2.80. The Hall–Kier alpha value is -2.01. The van der Waals surface area contributed by atoms with Gasteiger partial charge in [-0.2, -0.15) is 5.10 Å². The highest BCUT2D eigenvalue weighted by Crippen LogP contribution is 2.33. The largest absolute Gasteiger partial charge is 0.496 e. The molecular weight excluding hydrogens is 268 g/mol. The minimum absolute atomic E-state index is 0.302. The molecule has 5 nitrogen and oxygen atoms in total. The number of hydrogen-bond donors (Lipinski definition) is 1. The predicted octanol–water partition coefficient (Wildman–Crippen LogP) is 2.92. The van der Waals surface area contributed by atoms with E-state index in [1.165, 1.54) is 6.20 Å². The Balaban J connectivity index is 2.51. The Morgan fingerprint density at radius 2 is 2.26 bits per heavy atom. The molecule has 0 fully saturated rings. The number of aromatic nitrogens is 2. The fraction of sp³-hybridized carbons (Fsp3) is 0.231. The summed E-state index contributed by atoms with van der Waals surface area (Å²) in [7, 11) is 1.55. The minimum Gasteiger partial charge on any atom is -0.496 e. The second kappa shape index (κ2) is 5.75. The Bertz CT molecular complexity index is 595. The van der Waals surface area contributed by atoms with Crippen LogP contribution in [0.5, 0.6) is 5.75 Å². The van der Waals surface area contributed by atoms with Gasteiger partial charge in [0.1, 0.15) is 11.3 Å². The van der Waals surface area contributed by atoms with E-state index in [0.717, 1.165) is 0 Å². The quantitative estimate of drug-likeness (QED) is 0.875. The third-order valence-electron chi connectivity index (χ3n) is 2.57. The lowest BCUT2D eigenvalue weighted by Gasteiger charge is -2.09. The Morgan fingerprint density at radius 3 is 2.95 bits per heavy atom. The van der Waals surface area contributed by atoms with Crippen LogP contribution in [0.25, 0.3) is 11.3 Å². The predicted molar refractivity (Wildman–Crippen MR) is 71.5 cm³/mol. The van der Waals surface area contributed by atoms with Crippen LogP contribution in [-0.4, -0.2) is 29.9 Å². The van der Waals surface area contributed by atoms with Crippen LogP contribution in [0.4, 0.5) is 0 Å². The molecule has 1 aromatic carbocycles. The molecule has 0 bridgehead atoms. The van der Waals surface area contributed by atoms with E-state index in [4.69, 9.17) is 21.1 Å². The van der Waals surface area contributed by atoms with Crippen molar-refractivity contribution in [2.24, 2.45) is 0 Å². The van der Waals surface area contributed by atoms with E-state index in [1.54, 1.807) is 32.2 Å². The molecular formula is C13H13ClN2O3. The summed E-state index contributed by atoms with van der Waals surface area (Å²) in [6, 6.07) is 5.15. The van der Waals surface area contributed by atoms with Crippen LogP contribution in [-0.2, 0) is 4.74 Å². The van der Waals surface area contributed by atoms with Crippen molar-refractivity contribution in [3.8, 4) is 17.0 Å². The highest BCUT2D eigenvalue weighted by atomic mass is 35.5. The number of carbonyl (C=O) groups is 1. The number of hydrogen-bond acceptors (Lipinski definition) is 4. The number of aromatic amines is 1. The lowest BCUT2D eigenvalue weighted by molar-refractivity contribution is 0.0527. The second-order valence-corrected chi connectivity index (χ2v) is 4.16. The van der Waals surface area contributed by atoms with Crippen LogP contribution in [0.15, 0.2) is 24.4 Å². The van der Waals surface area contributed by atoms with Gasteiger partial charge in [-0.3, -0.25) is 5.10 Å². The number of ether oxygens (including phenoxy) is 2. The molecule has 100 valence electrons. The summed E-state index contributed by atoms with van der Waals surface area (Å²) in [6.45, 7) is 2.05. The average Bonchev–Trinajstić information content (AvgIpc) is 2.88. The molecule has 1 heterocycles. The number of esters is 1. The van der Waals surface area contributed by atoms with Crippen LogP contribution < -0.4 is 4.74 Å². The third kappa shape index (κ3) is 2.71. The molecule has 2 aromatic rings. The maximum Gasteiger partial charge on any atom is 0.341 e. The van der Waals surface area contributed by atoms with Gasteiger partial charge >= 0.3 is 5.97 Å². The normalized spacial score (nSPS) is 10.3. The number of nitrogens with zero attached hydrogens (tertiary/aromatic N) is 1. The molecule has 0 aliphatic carbocycles. The van der Waals surface area contributed by atoms with Gasteiger partial charge in [0.15, 0.2) is 0 Å². The van der Waals surface area contributed by atoms with Gasteiger partial charge in [-0.1, -0.05) is 11.6 Å². The van der Waals surface area contributed by atoms with Gasteiger partial charge in [0.25, 0.3) is 0 Å². The van der Waals surface area contributed by atoms with Crippen molar-refractivity contribution in [2.75, 3.05) is 13.7 Å². The number of H-pyrrole nitrogens is 1. The van der Waals surface area contributed by atoms with Gasteiger partial charge in [-0.05, 0) is 25.1 Å². The van der Waals surface area contributed by atoms with E-state index in [2.05, 4.69) is 10.2 Å². The monoisotopic (exact) mass is 280 g/mol. The number of benzene rings is 1. The molecule has 0 spiro atoms. The van der Waals surface area contributed by atoms with E-state index in [-0.39, 0.29) is 0 Å². The Labute approximate surface area is 115 Å². The molecule has 0 atom stereocenters. The molecule has 0 aliphatic rings. The first kappa shape index (κ1) is 13.4. The van der Waals surface area contributed by atoms with Gasteiger partial charge in [-0.15, -0.1) is 0 Å². The number of carbonyl (C=O) groups excluding carboxylic acids is 1. The zero-order valence-electron chi connectivity index (χ0n) is 10.6. The standard InChI is InChI=1S/C13H13ClN2O3/c1-3-19-13(17)10-7-15-16-12(10)9-6-8(14)4-5-11(9)18-2/h4-7H,3H2,1-2H3,(H,15,16). The zero-order chi connectivity index (χ0) is 13.8. The van der Waals surface area contributed by atoms with Crippen molar-refractivity contribution in [1.82, 2.24) is 10.2 Å². The van der Waals surface area contributed by atoms with E-state index >= 15 is 0 Å². The summed E-state index contributed by atoms with van der Waals surface area (Å²) in [4.78, 5) is 11.8. The molecule has 0 saturated heterocycles. The topological polar surface area (TPSA) is 64.2 Å². The number of methoxy groups -OCH3 is 1. The van der Waals surface area contributed by atoms with Crippen molar-refractivity contribution < 1.29 is 14.3 Å². The summed E-state index contributed by atoms with van der Waals surface area (Å²) in [5, 5.41) is 7.20. The molecule has 19 heavy (non-hydrogen) atoms. The average molecular weight is 281 g/mol. The van der Waals surface area contributed by atoms with Gasteiger partial charge in [-0.25, -0.2) is 4.79 Å². The van der Waals surface area contributed by atoms with E-state index in [9.17, 15) is 4.79 Å². The van der Waals surface area contributed by atoms with Crippen LogP contribution in [0, 0.1) is 0 Å². The summed E-state index contributed by atoms with van der Waals surface area (Å²) < 4.78 is 10.2. The highest BCUT2D eigenvalue weighted by Gasteiger charge is 2.19. The van der Waals surface area contributed by atoms with Crippen LogP contribution in [0.3, 0.4) is 0 Å². The summed E-state index contributed by atoms with van der Waals surface area (Å²) in [5.74, 6) is 0.160. The molecule has 0 radical (unpaired) electrons. The van der Waals surface area contributed by atoms with Gasteiger partial charge < -0.3 is 9.47 Å². The second-order valence-electron chi connectivity index (χ2n) is 3.72. The maximum atomic E-state index is 11.8. The molecule has 2 rings (SSSR count). The number of halogens is 1. The lowest BCUT2D eigenvalue weighted by Crippen LogP contribution is -2.05. The highest BCUT2D eigenvalue weighted by molar-refractivity contribution is 6.31. The van der Waals surface area contributed by atoms with Crippen LogP contribution >= 0.6 is 11.6 Å². The molecule has 6 heteroatoms. The fourth-order valence-corrected chi connectivity index (χ4v) is 1.90. The van der Waals surface area contributed by atoms with Crippen LogP contribution in [0.2, 0.25) is 5.02 Å². The summed E-state index contributed by atoms with van der Waals surface area (Å²) >= 11 is 5.98.